The first-order valence-electron chi connectivity index (χ1n) is 24.9. The Hall–Kier alpha value is -4.68. The number of benzene rings is 6. The van der Waals surface area contributed by atoms with Crippen LogP contribution in [-0.4, -0.2) is 0 Å². The van der Waals surface area contributed by atoms with Crippen LogP contribution in [0.15, 0.2) is 91.0 Å². The number of allylic oxidation sites excluding steroid dienone is 6. The van der Waals surface area contributed by atoms with Gasteiger partial charge < -0.3 is 0 Å². The molecule has 65 heavy (non-hydrogen) atoms. The van der Waals surface area contributed by atoms with Crippen LogP contribution in [0.2, 0.25) is 0 Å². The van der Waals surface area contributed by atoms with Gasteiger partial charge in [-0.3, -0.25) is 0 Å². The van der Waals surface area contributed by atoms with Gasteiger partial charge in [0.1, 0.15) is 0 Å². The molecule has 0 fully saturated rings. The maximum Gasteiger partial charge on any atom is 0.0467 e. The van der Waals surface area contributed by atoms with E-state index in [2.05, 4.69) is 216 Å². The second-order valence-corrected chi connectivity index (χ2v) is 27.5. The summed E-state index contributed by atoms with van der Waals surface area (Å²) in [6, 6.07) is 30.3. The molecule has 0 amide bonds. The van der Waals surface area contributed by atoms with E-state index in [-0.39, 0.29) is 49.7 Å². The fraction of sp³-hybridized carbons (Fsp3) is 0.431. The normalized spacial score (nSPS) is 24.2. The smallest absolute Gasteiger partial charge is 0.0467 e. The van der Waals surface area contributed by atoms with Crippen molar-refractivity contribution in [3.05, 3.63) is 164 Å². The van der Waals surface area contributed by atoms with Crippen LogP contribution < -0.4 is 0 Å². The molecule has 0 aliphatic heterocycles. The molecule has 2 unspecified atom stereocenters. The van der Waals surface area contributed by atoms with Crippen LogP contribution in [0.25, 0.3) is 49.0 Å². The van der Waals surface area contributed by atoms with Crippen molar-refractivity contribution < 1.29 is 0 Å². The minimum Gasteiger partial charge on any atom is -0.0716 e. The van der Waals surface area contributed by atoms with E-state index in [1.807, 2.05) is 0 Å². The Morgan fingerprint density at radius 3 is 1.11 bits per heavy atom. The third kappa shape index (κ3) is 4.76. The molecule has 0 spiro atoms. The maximum atomic E-state index is 2.86. The summed E-state index contributed by atoms with van der Waals surface area (Å²) in [5.41, 5.74) is 21.4. The van der Waals surface area contributed by atoms with Crippen molar-refractivity contribution in [1.82, 2.24) is 0 Å². The lowest BCUT2D eigenvalue weighted by molar-refractivity contribution is 0.306. The van der Waals surface area contributed by atoms with Crippen LogP contribution in [0.4, 0.5) is 0 Å². The highest BCUT2D eigenvalue weighted by Gasteiger charge is 2.79. The third-order valence-electron chi connectivity index (χ3n) is 17.4. The molecule has 0 bridgehead atoms. The van der Waals surface area contributed by atoms with E-state index in [0.29, 0.717) is 0 Å². The Bertz CT molecular complexity index is 3160. The van der Waals surface area contributed by atoms with E-state index in [1.54, 1.807) is 33.7 Å². The summed E-state index contributed by atoms with van der Waals surface area (Å²) >= 11 is 0. The van der Waals surface area contributed by atoms with Gasteiger partial charge in [-0.1, -0.05) is 216 Å². The van der Waals surface area contributed by atoms with Gasteiger partial charge in [-0.25, -0.2) is 0 Å². The topological polar surface area (TPSA) is 0 Å². The van der Waals surface area contributed by atoms with E-state index >= 15 is 0 Å². The first-order chi connectivity index (χ1) is 30.1. The molecule has 0 saturated heterocycles. The summed E-state index contributed by atoms with van der Waals surface area (Å²) in [6.45, 7) is 44.4. The summed E-state index contributed by atoms with van der Waals surface area (Å²) in [5, 5.41) is 8.87. The molecule has 6 aromatic carbocycles. The highest BCUT2D eigenvalue weighted by Crippen LogP contribution is 2.84. The highest BCUT2D eigenvalue weighted by atomic mass is 14.8. The van der Waals surface area contributed by atoms with Crippen LogP contribution >= 0.6 is 0 Å². The van der Waals surface area contributed by atoms with Crippen molar-refractivity contribution in [2.24, 2.45) is 16.2 Å². The van der Waals surface area contributed by atoms with Crippen LogP contribution in [-0.2, 0) is 27.1 Å². The molecule has 2 atom stereocenters. The van der Waals surface area contributed by atoms with Gasteiger partial charge in [-0.15, -0.1) is 0 Å². The lowest BCUT2D eigenvalue weighted by atomic mass is 9.53. The summed E-state index contributed by atoms with van der Waals surface area (Å²) in [5.74, 6) is 1.84. The summed E-state index contributed by atoms with van der Waals surface area (Å²) in [6.07, 6.45) is 8.52. The Labute approximate surface area is 390 Å². The average Bonchev–Trinajstić information content (AvgIpc) is 3.71. The van der Waals surface area contributed by atoms with Crippen molar-refractivity contribution in [2.45, 2.75) is 164 Å². The molecule has 12 rings (SSSR count). The molecular formula is C65H71. The van der Waals surface area contributed by atoms with Gasteiger partial charge in [0.05, 0.1) is 0 Å². The molecule has 6 aromatic rings. The van der Waals surface area contributed by atoms with Crippen molar-refractivity contribution >= 4 is 49.0 Å². The predicted octanol–water partition coefficient (Wildman–Crippen LogP) is 17.7. The maximum absolute atomic E-state index is 2.86. The minimum atomic E-state index is -0.459. The standard InChI is InChI=1S/C65H71/c1-58(2,3)40-28-46-55-47(29-41(59(4,5)6)35-23-19-22-34(40)52(35)55)65-50-32-44(62(13,14)15)38-26-20-24-36-42(60(7,8)9)30-48(56(50)53(36)38)64(46,65)49-31-43(61(10,11)12)37-25-21-27-39-45(63(16,17)18)33-51(65)57(49)54(37)39/h19-33,46,48H,1-18H3. The first-order valence-corrected chi connectivity index (χ1v) is 24.9. The third-order valence-corrected chi connectivity index (χ3v) is 17.4. The van der Waals surface area contributed by atoms with Crippen LogP contribution in [0, 0.1) is 22.2 Å². The zero-order chi connectivity index (χ0) is 46.5. The van der Waals surface area contributed by atoms with Crippen LogP contribution in [0.1, 0.15) is 203 Å². The quantitative estimate of drug-likeness (QED) is 0.143. The van der Waals surface area contributed by atoms with Gasteiger partial charge in [0.2, 0.25) is 0 Å². The zero-order valence-electron chi connectivity index (χ0n) is 42.8. The first kappa shape index (κ1) is 41.7. The number of hydrogen-bond donors (Lipinski definition) is 0. The van der Waals surface area contributed by atoms with Gasteiger partial charge in [-0.2, -0.15) is 0 Å². The number of rotatable bonds is 0. The highest BCUT2D eigenvalue weighted by molar-refractivity contribution is 6.13. The predicted molar refractivity (Wildman–Crippen MR) is 281 cm³/mol. The van der Waals surface area contributed by atoms with E-state index < -0.39 is 5.41 Å². The molecule has 0 N–H and O–H groups in total. The summed E-state index contributed by atoms with van der Waals surface area (Å²) in [7, 11) is 0. The molecule has 0 aromatic heterocycles. The summed E-state index contributed by atoms with van der Waals surface area (Å²) < 4.78 is 0. The Morgan fingerprint density at radius 2 is 0.738 bits per heavy atom. The van der Waals surface area contributed by atoms with Crippen molar-refractivity contribution in [3.8, 4) is 0 Å². The van der Waals surface area contributed by atoms with Crippen LogP contribution in [0.5, 0.6) is 0 Å². The van der Waals surface area contributed by atoms with E-state index in [4.69, 9.17) is 0 Å². The van der Waals surface area contributed by atoms with Crippen molar-refractivity contribution in [3.63, 3.8) is 0 Å². The van der Waals surface area contributed by atoms with Crippen molar-refractivity contribution in [2.75, 3.05) is 0 Å². The second-order valence-electron chi connectivity index (χ2n) is 27.5. The monoisotopic (exact) mass is 852 g/mol. The lowest BCUT2D eigenvalue weighted by Crippen LogP contribution is -2.46. The molecule has 0 saturated carbocycles. The van der Waals surface area contributed by atoms with Gasteiger partial charge in [-0.05, 0) is 148 Å². The SMILES string of the molecule is CC(C)(C)C1=C[C]2c3c(cc(C(C)(C)C)c4cccc1c34)C13C4C=C(C(C)(C)C)c5cccc6c(C(C)(C)C)cc(c4c56)C21c1cc(C(C)(C)C)c2cccc4c2c1C3C=C4C(C)(C)C. The molecule has 0 heteroatoms. The van der Waals surface area contributed by atoms with Gasteiger partial charge in [0.15, 0.2) is 0 Å². The largest absolute Gasteiger partial charge is 0.0716 e. The van der Waals surface area contributed by atoms with Gasteiger partial charge >= 0.3 is 0 Å². The van der Waals surface area contributed by atoms with Crippen LogP contribution in [0.3, 0.4) is 0 Å². The molecule has 6 aliphatic carbocycles. The fourth-order valence-corrected chi connectivity index (χ4v) is 15.1. The Balaban J connectivity index is 1.43. The second kappa shape index (κ2) is 11.9. The van der Waals surface area contributed by atoms with Gasteiger partial charge in [0, 0.05) is 28.6 Å². The average molecular weight is 852 g/mol. The molecule has 6 aliphatic rings. The number of hydrogen-bond acceptors (Lipinski definition) is 0. The molecule has 1 radical (unpaired) electrons. The molecular weight excluding hydrogens is 781 g/mol. The van der Waals surface area contributed by atoms with E-state index in [9.17, 15) is 0 Å². The molecule has 0 nitrogen and oxygen atoms in total. The Kier molecular flexibility index (Phi) is 7.63. The molecule has 0 heterocycles. The van der Waals surface area contributed by atoms with E-state index in [1.165, 1.54) is 88.0 Å². The fourth-order valence-electron chi connectivity index (χ4n) is 15.1. The van der Waals surface area contributed by atoms with Crippen molar-refractivity contribution in [1.29, 1.82) is 0 Å². The Morgan fingerprint density at radius 1 is 0.385 bits per heavy atom. The van der Waals surface area contributed by atoms with Gasteiger partial charge in [0.25, 0.3) is 0 Å². The molecule has 331 valence electrons. The zero-order valence-corrected chi connectivity index (χ0v) is 42.8. The summed E-state index contributed by atoms with van der Waals surface area (Å²) in [4.78, 5) is 0. The van der Waals surface area contributed by atoms with E-state index in [0.717, 1.165) is 0 Å². The lowest BCUT2D eigenvalue weighted by Gasteiger charge is -2.47. The minimum absolute atomic E-state index is 0.0656.